The van der Waals surface area contributed by atoms with E-state index in [1.54, 1.807) is 67.0 Å². The second-order valence-electron chi connectivity index (χ2n) is 7.78. The number of hydrogen-bond donors (Lipinski definition) is 2. The number of carbonyl (C=O) groups is 1. The van der Waals surface area contributed by atoms with Crippen molar-refractivity contribution in [2.45, 2.75) is 11.8 Å². The topological polar surface area (TPSA) is 126 Å². The van der Waals surface area contributed by atoms with Crippen molar-refractivity contribution in [3.63, 3.8) is 0 Å². The molecule has 0 aliphatic rings. The first kappa shape index (κ1) is 26.0. The summed E-state index contributed by atoms with van der Waals surface area (Å²) in [6.07, 6.45) is 5.13. The molecule has 4 rings (SSSR count). The van der Waals surface area contributed by atoms with Gasteiger partial charge in [-0.2, -0.15) is 0 Å². The highest BCUT2D eigenvalue weighted by molar-refractivity contribution is 7.89. The highest BCUT2D eigenvalue weighted by atomic mass is 32.2. The average molecular weight is 497 g/mol. The molecule has 180 valence electrons. The minimum Gasteiger partial charge on any atom is -0.322 e. The quantitative estimate of drug-likeness (QED) is 0.362. The van der Waals surface area contributed by atoms with Crippen LogP contribution in [-0.4, -0.2) is 19.3 Å². The van der Waals surface area contributed by atoms with Crippen LogP contribution in [0, 0.1) is 18.8 Å². The van der Waals surface area contributed by atoms with Gasteiger partial charge >= 0.3 is 0 Å². The van der Waals surface area contributed by atoms with Crippen LogP contribution in [0.1, 0.15) is 16.7 Å². The Morgan fingerprint density at radius 1 is 0.944 bits per heavy atom. The largest absolute Gasteiger partial charge is 0.322 e. The van der Waals surface area contributed by atoms with E-state index >= 15 is 0 Å². The number of nitrogens with one attached hydrogen (secondary N) is 1. The number of anilines is 1. The summed E-state index contributed by atoms with van der Waals surface area (Å²) >= 11 is 0. The van der Waals surface area contributed by atoms with Crippen molar-refractivity contribution in [3.8, 4) is 17.7 Å². The number of rotatable bonds is 6. The van der Waals surface area contributed by atoms with Crippen molar-refractivity contribution < 1.29 is 13.2 Å². The third-order valence-electron chi connectivity index (χ3n) is 5.24. The molecule has 0 spiro atoms. The molecule has 0 saturated heterocycles. The maximum absolute atomic E-state index is 13.2. The Bertz CT molecular complexity index is 1510. The third kappa shape index (κ3) is 6.51. The fourth-order valence-electron chi connectivity index (χ4n) is 3.62. The van der Waals surface area contributed by atoms with E-state index in [0.717, 1.165) is 16.7 Å². The maximum atomic E-state index is 13.2. The SMILES string of the molecule is C#N.Cc1cccc(/C=C(/C(=O)Nc2ccc(-c3ccccc3S(N)(=O)=O)cc2)c2ccncc2)c1. The van der Waals surface area contributed by atoms with Gasteiger partial charge in [-0.25, -0.2) is 18.8 Å². The molecule has 1 heterocycles. The van der Waals surface area contributed by atoms with Crippen molar-refractivity contribution in [3.05, 3.63) is 114 Å². The van der Waals surface area contributed by atoms with Gasteiger partial charge in [-0.05, 0) is 60.0 Å². The van der Waals surface area contributed by atoms with Crippen molar-refractivity contribution >= 4 is 33.3 Å². The molecule has 1 amide bonds. The Balaban J connectivity index is 0.00000176. The molecule has 0 unspecified atom stereocenters. The van der Waals surface area contributed by atoms with E-state index in [9.17, 15) is 13.2 Å². The van der Waals surface area contributed by atoms with Crippen LogP contribution in [0.25, 0.3) is 22.8 Å². The Kier molecular flexibility index (Phi) is 8.47. The van der Waals surface area contributed by atoms with Gasteiger partial charge in [0.25, 0.3) is 5.91 Å². The van der Waals surface area contributed by atoms with Gasteiger partial charge in [0.05, 0.1) is 4.90 Å². The van der Waals surface area contributed by atoms with Gasteiger partial charge in [0.1, 0.15) is 0 Å². The van der Waals surface area contributed by atoms with Crippen molar-refractivity contribution in [1.82, 2.24) is 4.98 Å². The molecule has 0 atom stereocenters. The molecule has 36 heavy (non-hydrogen) atoms. The minimum absolute atomic E-state index is 0.0489. The van der Waals surface area contributed by atoms with E-state index < -0.39 is 10.0 Å². The lowest BCUT2D eigenvalue weighted by molar-refractivity contribution is -0.111. The molecule has 0 saturated carbocycles. The molecule has 4 aromatic rings. The number of nitrogens with zero attached hydrogens (tertiary/aromatic N) is 2. The molecular weight excluding hydrogens is 472 g/mol. The number of nitrogens with two attached hydrogens (primary N) is 1. The monoisotopic (exact) mass is 496 g/mol. The fraction of sp³-hybridized carbons (Fsp3) is 0.0357. The minimum atomic E-state index is -3.87. The van der Waals surface area contributed by atoms with Gasteiger partial charge in [-0.1, -0.05) is 60.2 Å². The summed E-state index contributed by atoms with van der Waals surface area (Å²) in [6, 6.07) is 24.9. The number of carbonyl (C=O) groups excluding carboxylic acids is 1. The summed E-state index contributed by atoms with van der Waals surface area (Å²) in [7, 11) is -3.87. The predicted molar refractivity (Wildman–Crippen MR) is 142 cm³/mol. The second kappa shape index (κ2) is 11.7. The molecule has 0 aliphatic heterocycles. The van der Waals surface area contributed by atoms with Crippen molar-refractivity contribution in [2.75, 3.05) is 5.32 Å². The predicted octanol–water partition coefficient (Wildman–Crippen LogP) is 5.02. The molecule has 7 nitrogen and oxygen atoms in total. The Morgan fingerprint density at radius 2 is 1.61 bits per heavy atom. The van der Waals surface area contributed by atoms with Gasteiger partial charge < -0.3 is 5.32 Å². The molecule has 1 aromatic heterocycles. The van der Waals surface area contributed by atoms with Crippen LogP contribution in [0.2, 0.25) is 0 Å². The first-order valence-corrected chi connectivity index (χ1v) is 12.3. The number of amides is 1. The van der Waals surface area contributed by atoms with Gasteiger partial charge in [0.2, 0.25) is 10.0 Å². The van der Waals surface area contributed by atoms with Gasteiger partial charge in [0.15, 0.2) is 0 Å². The number of hydrogen-bond acceptors (Lipinski definition) is 5. The van der Waals surface area contributed by atoms with E-state index in [0.29, 0.717) is 22.4 Å². The van der Waals surface area contributed by atoms with Crippen LogP contribution in [0.4, 0.5) is 5.69 Å². The zero-order valence-electron chi connectivity index (χ0n) is 19.5. The maximum Gasteiger partial charge on any atom is 0.256 e. The van der Waals surface area contributed by atoms with E-state index in [2.05, 4.69) is 16.9 Å². The van der Waals surface area contributed by atoms with E-state index in [1.165, 1.54) is 6.07 Å². The lowest BCUT2D eigenvalue weighted by Gasteiger charge is -2.12. The smallest absolute Gasteiger partial charge is 0.256 e. The fourth-order valence-corrected chi connectivity index (χ4v) is 4.38. The first-order valence-electron chi connectivity index (χ1n) is 10.8. The Morgan fingerprint density at radius 3 is 2.25 bits per heavy atom. The van der Waals surface area contributed by atoms with Crippen LogP contribution in [0.5, 0.6) is 0 Å². The normalized spacial score (nSPS) is 11.2. The zero-order valence-corrected chi connectivity index (χ0v) is 20.3. The highest BCUT2D eigenvalue weighted by Gasteiger charge is 2.16. The number of sulfonamides is 1. The van der Waals surface area contributed by atoms with Crippen LogP contribution in [0.3, 0.4) is 0 Å². The van der Waals surface area contributed by atoms with Gasteiger partial charge in [-0.3, -0.25) is 9.78 Å². The second-order valence-corrected chi connectivity index (χ2v) is 9.31. The molecular formula is C28H24N4O3S. The van der Waals surface area contributed by atoms with Gasteiger partial charge in [-0.15, -0.1) is 0 Å². The third-order valence-corrected chi connectivity index (χ3v) is 6.21. The van der Waals surface area contributed by atoms with Crippen LogP contribution < -0.4 is 10.5 Å². The Labute approximate surface area is 210 Å². The molecule has 0 bridgehead atoms. The summed E-state index contributed by atoms with van der Waals surface area (Å²) in [5, 5.41) is 14.8. The number of aryl methyl sites for hydroxylation is 1. The number of aromatic nitrogens is 1. The van der Waals surface area contributed by atoms with E-state index in [4.69, 9.17) is 10.4 Å². The summed E-state index contributed by atoms with van der Waals surface area (Å²) in [6.45, 7) is 5.50. The molecule has 3 aromatic carbocycles. The molecule has 8 heteroatoms. The number of benzene rings is 3. The molecule has 3 N–H and O–H groups in total. The van der Waals surface area contributed by atoms with Crippen molar-refractivity contribution in [1.29, 1.82) is 5.26 Å². The summed E-state index contributed by atoms with van der Waals surface area (Å²) < 4.78 is 23.9. The summed E-state index contributed by atoms with van der Waals surface area (Å²) in [5.41, 5.74) is 5.00. The summed E-state index contributed by atoms with van der Waals surface area (Å²) in [5.74, 6) is -0.273. The Hall–Kier alpha value is -4.58. The standard InChI is InChI=1S/C27H23N3O3S.CHN/c1-19-5-4-6-20(17-19)18-25(22-13-15-29-16-14-22)27(31)30-23-11-9-21(10-12-23)24-7-2-3-8-26(24)34(28,32)33;1-2/h2-18H,1H3,(H,30,31)(H2,28,32,33);1H/b25-18+;. The number of pyridine rings is 1. The molecule has 0 radical (unpaired) electrons. The van der Waals surface area contributed by atoms with Crippen LogP contribution >= 0.6 is 0 Å². The van der Waals surface area contributed by atoms with Gasteiger partial charge in [0, 0.05) is 35.8 Å². The number of nitriles is 1. The highest BCUT2D eigenvalue weighted by Crippen LogP contribution is 2.28. The molecule has 0 aliphatic carbocycles. The van der Waals surface area contributed by atoms with Crippen LogP contribution in [-0.2, 0) is 14.8 Å². The zero-order chi connectivity index (χ0) is 26.1. The van der Waals surface area contributed by atoms with E-state index in [1.807, 2.05) is 37.3 Å². The number of primary sulfonamides is 1. The average Bonchev–Trinajstić information content (AvgIpc) is 2.89. The van der Waals surface area contributed by atoms with Crippen molar-refractivity contribution in [2.24, 2.45) is 5.14 Å². The van der Waals surface area contributed by atoms with Crippen LogP contribution in [0.15, 0.2) is 102 Å². The lowest BCUT2D eigenvalue weighted by Crippen LogP contribution is -2.14. The van der Waals surface area contributed by atoms with E-state index in [-0.39, 0.29) is 10.8 Å². The first-order chi connectivity index (χ1) is 17.3. The lowest BCUT2D eigenvalue weighted by atomic mass is 10.0. The summed E-state index contributed by atoms with van der Waals surface area (Å²) in [4.78, 5) is 17.3. The molecule has 0 fully saturated rings.